The lowest BCUT2D eigenvalue weighted by Gasteiger charge is -2.24. The normalized spacial score (nSPS) is 13.2. The Hall–Kier alpha value is -0.873. The topological polar surface area (TPSA) is 82.1 Å². The van der Waals surface area contributed by atoms with Gasteiger partial charge in [-0.25, -0.2) is 0 Å². The van der Waals surface area contributed by atoms with Crippen LogP contribution < -0.4 is 5.32 Å². The smallest absolute Gasteiger partial charge is 0.389 e. The first-order valence-electron chi connectivity index (χ1n) is 7.66. The lowest BCUT2D eigenvalue weighted by atomic mass is 10.3. The molecule has 1 unspecified atom stereocenters. The first-order valence-corrected chi connectivity index (χ1v) is 9.60. The Morgan fingerprint density at radius 2 is 2.00 bits per heavy atom. The number of ether oxygens (including phenoxy) is 1. The molecule has 23 heavy (non-hydrogen) atoms. The maximum absolute atomic E-state index is 9.86. The SMILES string of the molecule is CO[Si](CCCOCC(O)CNCc1cccnc1)(OC)OC. The Balaban J connectivity index is 2.06. The minimum absolute atomic E-state index is 0.293. The zero-order valence-electron chi connectivity index (χ0n) is 14.2. The first kappa shape index (κ1) is 20.2. The van der Waals surface area contributed by atoms with Crippen molar-refractivity contribution in [2.45, 2.75) is 25.1 Å². The van der Waals surface area contributed by atoms with Crippen LogP contribution in [0.1, 0.15) is 12.0 Å². The number of aliphatic hydroxyl groups is 1. The molecule has 0 amide bonds. The molecule has 8 heteroatoms. The number of hydrogen-bond donors (Lipinski definition) is 2. The standard InChI is InChI=1S/C15H28N2O5Si/c1-19-23(20-2,21-3)9-5-8-22-13-15(18)12-17-11-14-6-4-7-16-10-14/h4,6-7,10,15,17-18H,5,8-9,11-13H2,1-3H3. The van der Waals surface area contributed by atoms with Gasteiger partial charge in [-0.3, -0.25) is 4.98 Å². The fraction of sp³-hybridized carbons (Fsp3) is 0.667. The second-order valence-corrected chi connectivity index (χ2v) is 8.21. The molecule has 1 heterocycles. The number of aromatic nitrogens is 1. The molecular formula is C15H28N2O5Si. The molecule has 132 valence electrons. The predicted octanol–water partition coefficient (Wildman–Crippen LogP) is 0.817. The van der Waals surface area contributed by atoms with Crippen molar-refractivity contribution in [1.82, 2.24) is 10.3 Å². The first-order chi connectivity index (χ1) is 11.2. The van der Waals surface area contributed by atoms with Gasteiger partial charge in [0.2, 0.25) is 0 Å². The molecule has 1 aromatic heterocycles. The van der Waals surface area contributed by atoms with Gasteiger partial charge in [0, 0.05) is 59.5 Å². The van der Waals surface area contributed by atoms with Gasteiger partial charge >= 0.3 is 8.80 Å². The molecule has 7 nitrogen and oxygen atoms in total. The summed E-state index contributed by atoms with van der Waals surface area (Å²) in [5, 5.41) is 13.0. The second kappa shape index (κ2) is 11.6. The average Bonchev–Trinajstić information content (AvgIpc) is 2.59. The number of hydrogen-bond acceptors (Lipinski definition) is 7. The fourth-order valence-corrected chi connectivity index (χ4v) is 3.80. The van der Waals surface area contributed by atoms with Crippen molar-refractivity contribution in [2.75, 3.05) is 41.1 Å². The molecule has 0 saturated carbocycles. The Morgan fingerprint density at radius 1 is 1.26 bits per heavy atom. The monoisotopic (exact) mass is 344 g/mol. The van der Waals surface area contributed by atoms with Crippen molar-refractivity contribution in [3.8, 4) is 0 Å². The molecule has 0 aliphatic rings. The van der Waals surface area contributed by atoms with E-state index in [1.165, 1.54) is 0 Å². The Morgan fingerprint density at radius 3 is 2.61 bits per heavy atom. The Bertz CT molecular complexity index is 398. The van der Waals surface area contributed by atoms with Gasteiger partial charge in [0.05, 0.1) is 12.7 Å². The second-order valence-electron chi connectivity index (χ2n) is 5.12. The highest BCUT2D eigenvalue weighted by Gasteiger charge is 2.36. The van der Waals surface area contributed by atoms with Crippen LogP contribution in [0, 0.1) is 0 Å². The van der Waals surface area contributed by atoms with E-state index in [4.69, 9.17) is 18.0 Å². The van der Waals surface area contributed by atoms with Crippen molar-refractivity contribution < 1.29 is 23.1 Å². The molecule has 0 fully saturated rings. The van der Waals surface area contributed by atoms with E-state index in [1.807, 2.05) is 12.1 Å². The molecule has 0 spiro atoms. The molecule has 2 N–H and O–H groups in total. The van der Waals surface area contributed by atoms with Crippen LogP contribution in [-0.2, 0) is 24.6 Å². The minimum Gasteiger partial charge on any atom is -0.389 e. The van der Waals surface area contributed by atoms with E-state index in [0.717, 1.165) is 12.0 Å². The molecule has 0 radical (unpaired) electrons. The lowest BCUT2D eigenvalue weighted by Crippen LogP contribution is -2.42. The summed E-state index contributed by atoms with van der Waals surface area (Å²) in [5.74, 6) is 0. The van der Waals surface area contributed by atoms with E-state index < -0.39 is 14.9 Å². The predicted molar refractivity (Wildman–Crippen MR) is 89.0 cm³/mol. The minimum atomic E-state index is -2.51. The van der Waals surface area contributed by atoms with Gasteiger partial charge in [0.1, 0.15) is 0 Å². The Labute approximate surface area is 139 Å². The van der Waals surface area contributed by atoms with Gasteiger partial charge in [0.25, 0.3) is 0 Å². The molecule has 0 saturated heterocycles. The number of nitrogens with one attached hydrogen (secondary N) is 1. The summed E-state index contributed by atoms with van der Waals surface area (Å²) >= 11 is 0. The fourth-order valence-electron chi connectivity index (χ4n) is 2.11. The molecule has 1 aromatic rings. The van der Waals surface area contributed by atoms with Gasteiger partial charge in [-0.1, -0.05) is 6.07 Å². The van der Waals surface area contributed by atoms with Gasteiger partial charge in [-0.15, -0.1) is 0 Å². The number of nitrogens with zero attached hydrogens (tertiary/aromatic N) is 1. The third-order valence-electron chi connectivity index (χ3n) is 3.45. The number of rotatable bonds is 13. The summed E-state index contributed by atoms with van der Waals surface area (Å²) in [6, 6.07) is 4.56. The van der Waals surface area contributed by atoms with Crippen LogP contribution in [0.2, 0.25) is 6.04 Å². The summed E-state index contributed by atoms with van der Waals surface area (Å²) in [6.07, 6.45) is 3.76. The Kier molecular flexibility index (Phi) is 10.2. The van der Waals surface area contributed by atoms with Crippen molar-refractivity contribution in [1.29, 1.82) is 0 Å². The maximum Gasteiger partial charge on any atom is 0.500 e. The van der Waals surface area contributed by atoms with Gasteiger partial charge in [-0.2, -0.15) is 0 Å². The van der Waals surface area contributed by atoms with Crippen molar-refractivity contribution in [2.24, 2.45) is 0 Å². The highest BCUT2D eigenvalue weighted by atomic mass is 28.4. The quantitative estimate of drug-likeness (QED) is 0.405. The summed E-state index contributed by atoms with van der Waals surface area (Å²) in [6.45, 7) is 1.97. The van der Waals surface area contributed by atoms with Crippen LogP contribution in [0.25, 0.3) is 0 Å². The molecule has 0 aliphatic heterocycles. The van der Waals surface area contributed by atoms with E-state index in [0.29, 0.717) is 32.3 Å². The van der Waals surface area contributed by atoms with E-state index >= 15 is 0 Å². The van der Waals surface area contributed by atoms with Crippen LogP contribution >= 0.6 is 0 Å². The highest BCUT2D eigenvalue weighted by molar-refractivity contribution is 6.60. The van der Waals surface area contributed by atoms with Crippen molar-refractivity contribution in [3.63, 3.8) is 0 Å². The highest BCUT2D eigenvalue weighted by Crippen LogP contribution is 2.14. The van der Waals surface area contributed by atoms with Gasteiger partial charge < -0.3 is 28.4 Å². The zero-order valence-corrected chi connectivity index (χ0v) is 15.2. The molecule has 0 bridgehead atoms. The van der Waals surface area contributed by atoms with Crippen LogP contribution in [0.15, 0.2) is 24.5 Å². The van der Waals surface area contributed by atoms with Crippen molar-refractivity contribution >= 4 is 8.80 Å². The van der Waals surface area contributed by atoms with Crippen LogP contribution in [-0.4, -0.2) is 66.1 Å². The lowest BCUT2D eigenvalue weighted by molar-refractivity contribution is 0.0351. The average molecular weight is 344 g/mol. The molecule has 1 atom stereocenters. The van der Waals surface area contributed by atoms with Crippen LogP contribution in [0.3, 0.4) is 0 Å². The summed E-state index contributed by atoms with van der Waals surface area (Å²) < 4.78 is 21.5. The van der Waals surface area contributed by atoms with Gasteiger partial charge in [0.15, 0.2) is 0 Å². The summed E-state index contributed by atoms with van der Waals surface area (Å²) in [4.78, 5) is 4.04. The van der Waals surface area contributed by atoms with Crippen LogP contribution in [0.4, 0.5) is 0 Å². The van der Waals surface area contributed by atoms with Crippen LogP contribution in [0.5, 0.6) is 0 Å². The summed E-state index contributed by atoms with van der Waals surface area (Å²) in [7, 11) is 2.27. The maximum atomic E-state index is 9.86. The van der Waals surface area contributed by atoms with E-state index in [2.05, 4.69) is 10.3 Å². The number of pyridine rings is 1. The molecular weight excluding hydrogens is 316 g/mol. The number of aliphatic hydroxyl groups excluding tert-OH is 1. The largest absolute Gasteiger partial charge is 0.500 e. The molecule has 1 rings (SSSR count). The molecule has 0 aromatic carbocycles. The summed E-state index contributed by atoms with van der Waals surface area (Å²) in [5.41, 5.74) is 1.08. The van der Waals surface area contributed by atoms with E-state index in [1.54, 1.807) is 33.7 Å². The van der Waals surface area contributed by atoms with E-state index in [9.17, 15) is 5.11 Å². The van der Waals surface area contributed by atoms with E-state index in [-0.39, 0.29) is 0 Å². The third kappa shape index (κ3) is 7.98. The third-order valence-corrected chi connectivity index (χ3v) is 6.28. The van der Waals surface area contributed by atoms with Crippen molar-refractivity contribution in [3.05, 3.63) is 30.1 Å². The molecule has 0 aliphatic carbocycles. The van der Waals surface area contributed by atoms with Gasteiger partial charge in [-0.05, 0) is 18.1 Å². The zero-order chi connectivity index (χ0) is 17.0.